The Labute approximate surface area is 177 Å². The van der Waals surface area contributed by atoms with Gasteiger partial charge in [-0.15, -0.1) is 0 Å². The van der Waals surface area contributed by atoms with Gasteiger partial charge in [-0.05, 0) is 35.9 Å². The van der Waals surface area contributed by atoms with E-state index < -0.39 is 0 Å². The number of aromatic hydroxyl groups is 2. The third kappa shape index (κ3) is 3.27. The van der Waals surface area contributed by atoms with E-state index in [0.717, 1.165) is 16.0 Å². The van der Waals surface area contributed by atoms with E-state index in [1.54, 1.807) is 48.4 Å². The van der Waals surface area contributed by atoms with E-state index >= 15 is 0 Å². The van der Waals surface area contributed by atoms with Crippen LogP contribution in [0.3, 0.4) is 0 Å². The van der Waals surface area contributed by atoms with Gasteiger partial charge in [0, 0.05) is 27.1 Å². The van der Waals surface area contributed by atoms with Crippen LogP contribution in [0.2, 0.25) is 0 Å². The Kier molecular flexibility index (Phi) is 4.61. The quantitative estimate of drug-likeness (QED) is 0.401. The fourth-order valence-corrected chi connectivity index (χ4v) is 4.18. The van der Waals surface area contributed by atoms with Gasteiger partial charge in [0.25, 0.3) is 0 Å². The summed E-state index contributed by atoms with van der Waals surface area (Å²) in [6, 6.07) is 25.2. The third-order valence-electron chi connectivity index (χ3n) is 4.84. The number of aromatic nitrogens is 3. The van der Waals surface area contributed by atoms with Gasteiger partial charge in [-0.3, -0.25) is 0 Å². The molecule has 0 unspecified atom stereocenters. The first-order chi connectivity index (χ1) is 14.7. The molecule has 0 atom stereocenters. The molecule has 0 aliphatic carbocycles. The van der Waals surface area contributed by atoms with Crippen LogP contribution < -0.4 is 0 Å². The zero-order chi connectivity index (χ0) is 20.5. The number of nitrogens with zero attached hydrogens (tertiary/aromatic N) is 3. The normalized spacial score (nSPS) is 11.1. The van der Waals surface area contributed by atoms with E-state index in [4.69, 9.17) is 0 Å². The minimum atomic E-state index is -0.0657. The molecule has 30 heavy (non-hydrogen) atoms. The molecule has 5 aromatic rings. The number of para-hydroxylation sites is 1. The highest BCUT2D eigenvalue weighted by Crippen LogP contribution is 2.36. The van der Waals surface area contributed by atoms with E-state index in [-0.39, 0.29) is 11.6 Å². The minimum Gasteiger partial charge on any atom is -0.507 e. The van der Waals surface area contributed by atoms with E-state index in [2.05, 4.69) is 34.3 Å². The molecule has 0 saturated heterocycles. The first-order valence-electron chi connectivity index (χ1n) is 9.38. The molecular weight excluding hydrogens is 394 g/mol. The molecule has 3 aromatic carbocycles. The van der Waals surface area contributed by atoms with Crippen LogP contribution in [0, 0.1) is 0 Å². The van der Waals surface area contributed by atoms with Gasteiger partial charge in [0.2, 0.25) is 5.88 Å². The van der Waals surface area contributed by atoms with Gasteiger partial charge in [0.15, 0.2) is 5.65 Å². The smallest absolute Gasteiger partial charge is 0.223 e. The summed E-state index contributed by atoms with van der Waals surface area (Å²) in [6.45, 7) is 0. The van der Waals surface area contributed by atoms with Crippen LogP contribution in [0.1, 0.15) is 0 Å². The van der Waals surface area contributed by atoms with Crippen molar-refractivity contribution in [2.24, 2.45) is 0 Å². The topological polar surface area (TPSA) is 70.7 Å². The maximum absolute atomic E-state index is 10.7. The molecule has 6 heteroatoms. The van der Waals surface area contributed by atoms with Crippen LogP contribution in [0.5, 0.6) is 11.6 Å². The highest BCUT2D eigenvalue weighted by atomic mass is 32.2. The van der Waals surface area contributed by atoms with E-state index in [1.807, 2.05) is 30.3 Å². The second kappa shape index (κ2) is 7.57. The standard InChI is InChI=1S/C24H17N3O2S/c28-22-9-5-4-8-19(22)21-14-25-23-20(15-26-27(23)24(21)29)16-10-12-18(13-11-16)30-17-6-2-1-3-7-17/h1-15,28-29H. The van der Waals surface area contributed by atoms with Crippen molar-refractivity contribution < 1.29 is 10.2 Å². The second-order valence-electron chi connectivity index (χ2n) is 6.75. The summed E-state index contributed by atoms with van der Waals surface area (Å²) >= 11 is 1.70. The predicted molar refractivity (Wildman–Crippen MR) is 118 cm³/mol. The first-order valence-corrected chi connectivity index (χ1v) is 10.2. The number of hydrogen-bond donors (Lipinski definition) is 2. The molecule has 5 rings (SSSR count). The molecule has 0 aliphatic rings. The maximum Gasteiger partial charge on any atom is 0.223 e. The van der Waals surface area contributed by atoms with Gasteiger partial charge in [-0.25, -0.2) is 4.98 Å². The summed E-state index contributed by atoms with van der Waals surface area (Å²) in [5.41, 5.74) is 3.26. The van der Waals surface area contributed by atoms with Gasteiger partial charge in [-0.1, -0.05) is 60.3 Å². The molecule has 0 aliphatic heterocycles. The molecular formula is C24H17N3O2S. The summed E-state index contributed by atoms with van der Waals surface area (Å²) in [6.07, 6.45) is 3.25. The Bertz CT molecular complexity index is 1330. The predicted octanol–water partition coefficient (Wildman–Crippen LogP) is 5.63. The molecule has 5 nitrogen and oxygen atoms in total. The summed E-state index contributed by atoms with van der Waals surface area (Å²) in [7, 11) is 0. The summed E-state index contributed by atoms with van der Waals surface area (Å²) in [5.74, 6) is 0.0110. The van der Waals surface area contributed by atoms with Gasteiger partial charge in [-0.2, -0.15) is 9.61 Å². The highest BCUT2D eigenvalue weighted by Gasteiger charge is 2.16. The van der Waals surface area contributed by atoms with Crippen LogP contribution in [-0.2, 0) is 0 Å². The molecule has 0 bridgehead atoms. The first kappa shape index (κ1) is 18.3. The Hall–Kier alpha value is -3.77. The molecule has 146 valence electrons. The summed E-state index contributed by atoms with van der Waals surface area (Å²) < 4.78 is 1.39. The number of rotatable bonds is 4. The number of phenols is 1. The van der Waals surface area contributed by atoms with E-state index in [0.29, 0.717) is 16.8 Å². The molecule has 0 fully saturated rings. The van der Waals surface area contributed by atoms with Crippen molar-refractivity contribution in [3.8, 4) is 33.9 Å². The van der Waals surface area contributed by atoms with Gasteiger partial charge < -0.3 is 10.2 Å². The van der Waals surface area contributed by atoms with E-state index in [9.17, 15) is 10.2 Å². The van der Waals surface area contributed by atoms with Crippen LogP contribution in [-0.4, -0.2) is 24.8 Å². The van der Waals surface area contributed by atoms with Crippen molar-refractivity contribution in [3.05, 3.63) is 91.3 Å². The zero-order valence-electron chi connectivity index (χ0n) is 15.8. The van der Waals surface area contributed by atoms with Crippen molar-refractivity contribution in [3.63, 3.8) is 0 Å². The molecule has 0 amide bonds. The van der Waals surface area contributed by atoms with Crippen LogP contribution in [0.15, 0.2) is 101 Å². The van der Waals surface area contributed by atoms with Crippen LogP contribution >= 0.6 is 11.8 Å². The second-order valence-corrected chi connectivity index (χ2v) is 7.89. The van der Waals surface area contributed by atoms with Crippen LogP contribution in [0.25, 0.3) is 27.9 Å². The fourth-order valence-electron chi connectivity index (χ4n) is 3.34. The lowest BCUT2D eigenvalue weighted by molar-refractivity contribution is 0.436. The van der Waals surface area contributed by atoms with Crippen molar-refractivity contribution in [1.82, 2.24) is 14.6 Å². The highest BCUT2D eigenvalue weighted by molar-refractivity contribution is 7.99. The third-order valence-corrected chi connectivity index (χ3v) is 5.86. The average molecular weight is 411 g/mol. The van der Waals surface area contributed by atoms with Crippen molar-refractivity contribution >= 4 is 17.4 Å². The summed E-state index contributed by atoms with van der Waals surface area (Å²) in [5, 5.41) is 25.2. The van der Waals surface area contributed by atoms with Crippen molar-refractivity contribution in [1.29, 1.82) is 0 Å². The van der Waals surface area contributed by atoms with Crippen LogP contribution in [0.4, 0.5) is 0 Å². The average Bonchev–Trinajstić information content (AvgIpc) is 3.21. The SMILES string of the molecule is Oc1ccccc1-c1cnc2c(-c3ccc(Sc4ccccc4)cc3)cnn2c1O. The van der Waals surface area contributed by atoms with E-state index in [1.165, 1.54) is 9.41 Å². The van der Waals surface area contributed by atoms with Gasteiger partial charge in [0.1, 0.15) is 5.75 Å². The maximum atomic E-state index is 10.7. The molecule has 0 spiro atoms. The lowest BCUT2D eigenvalue weighted by atomic mass is 10.1. The Morgan fingerprint density at radius 2 is 1.37 bits per heavy atom. The Morgan fingerprint density at radius 3 is 2.13 bits per heavy atom. The van der Waals surface area contributed by atoms with Gasteiger partial charge >= 0.3 is 0 Å². The van der Waals surface area contributed by atoms with Crippen molar-refractivity contribution in [2.75, 3.05) is 0 Å². The lowest BCUT2D eigenvalue weighted by Crippen LogP contribution is -1.94. The Morgan fingerprint density at radius 1 is 0.667 bits per heavy atom. The minimum absolute atomic E-state index is 0.0657. The largest absolute Gasteiger partial charge is 0.507 e. The number of hydrogen-bond acceptors (Lipinski definition) is 5. The molecule has 0 radical (unpaired) electrons. The number of phenolic OH excluding ortho intramolecular Hbond substituents is 1. The monoisotopic (exact) mass is 411 g/mol. The molecule has 2 aromatic heterocycles. The van der Waals surface area contributed by atoms with Crippen molar-refractivity contribution in [2.45, 2.75) is 9.79 Å². The summed E-state index contributed by atoms with van der Waals surface area (Å²) in [4.78, 5) is 6.83. The number of fused-ring (bicyclic) bond motifs is 1. The molecule has 2 heterocycles. The van der Waals surface area contributed by atoms with Gasteiger partial charge in [0.05, 0.1) is 11.8 Å². The molecule has 0 saturated carbocycles. The zero-order valence-corrected chi connectivity index (χ0v) is 16.6. The fraction of sp³-hybridized carbons (Fsp3) is 0. The lowest BCUT2D eigenvalue weighted by Gasteiger charge is -2.08. The Balaban J connectivity index is 1.50. The molecule has 2 N–H and O–H groups in total. The number of benzene rings is 3.